The molecule has 2 N–H and O–H groups in total. The minimum absolute atomic E-state index is 0.0440. The summed E-state index contributed by atoms with van der Waals surface area (Å²) >= 11 is 0. The number of hydrogen-bond donors (Lipinski definition) is 2. The van der Waals surface area contributed by atoms with Crippen molar-refractivity contribution < 1.29 is 5.11 Å². The predicted molar refractivity (Wildman–Crippen MR) is 35.2 cm³/mol. The van der Waals surface area contributed by atoms with Gasteiger partial charge in [-0.1, -0.05) is 6.42 Å². The SMILES string of the molecule is OC1CC2CCCC1N2. The lowest BCUT2D eigenvalue weighted by atomic mass is 10.1. The highest BCUT2D eigenvalue weighted by Gasteiger charge is 2.34. The Kier molecular flexibility index (Phi) is 1.24. The van der Waals surface area contributed by atoms with E-state index >= 15 is 0 Å². The molecule has 0 aromatic rings. The van der Waals surface area contributed by atoms with Crippen LogP contribution < -0.4 is 5.32 Å². The fourth-order valence-electron chi connectivity index (χ4n) is 2.00. The molecule has 0 saturated carbocycles. The van der Waals surface area contributed by atoms with Crippen LogP contribution in [0.15, 0.2) is 0 Å². The van der Waals surface area contributed by atoms with E-state index in [2.05, 4.69) is 5.32 Å². The van der Waals surface area contributed by atoms with Crippen LogP contribution in [0.5, 0.6) is 0 Å². The maximum atomic E-state index is 9.34. The van der Waals surface area contributed by atoms with Gasteiger partial charge in [0.2, 0.25) is 0 Å². The van der Waals surface area contributed by atoms with Crippen molar-refractivity contribution >= 4 is 0 Å². The number of hydrogen-bond acceptors (Lipinski definition) is 2. The lowest BCUT2D eigenvalue weighted by molar-refractivity contribution is 0.156. The van der Waals surface area contributed by atoms with E-state index in [1.807, 2.05) is 0 Å². The molecule has 52 valence electrons. The Balaban J connectivity index is 2.07. The Hall–Kier alpha value is -0.0800. The summed E-state index contributed by atoms with van der Waals surface area (Å²) in [6, 6.07) is 1.07. The van der Waals surface area contributed by atoms with Crippen molar-refractivity contribution in [2.45, 2.75) is 43.9 Å². The maximum absolute atomic E-state index is 9.34. The van der Waals surface area contributed by atoms with E-state index in [1.54, 1.807) is 0 Å². The fraction of sp³-hybridized carbons (Fsp3) is 1.00. The van der Waals surface area contributed by atoms with Gasteiger partial charge in [0, 0.05) is 12.1 Å². The van der Waals surface area contributed by atoms with Crippen molar-refractivity contribution in [1.82, 2.24) is 5.32 Å². The highest BCUT2D eigenvalue weighted by atomic mass is 16.3. The molecule has 3 unspecified atom stereocenters. The molecule has 2 heteroatoms. The zero-order valence-electron chi connectivity index (χ0n) is 5.51. The average Bonchev–Trinajstić information content (AvgIpc) is 2.09. The molecule has 3 atom stereocenters. The van der Waals surface area contributed by atoms with Gasteiger partial charge in [-0.05, 0) is 19.3 Å². The average molecular weight is 127 g/mol. The fourth-order valence-corrected chi connectivity index (χ4v) is 2.00. The van der Waals surface area contributed by atoms with E-state index in [0.29, 0.717) is 12.1 Å². The van der Waals surface area contributed by atoms with Gasteiger partial charge in [-0.2, -0.15) is 0 Å². The lowest BCUT2D eigenvalue weighted by Crippen LogP contribution is -2.36. The minimum Gasteiger partial charge on any atom is -0.391 e. The normalized spacial score (nSPS) is 49.7. The zero-order chi connectivity index (χ0) is 6.27. The highest BCUT2D eigenvalue weighted by molar-refractivity contribution is 4.94. The molecule has 2 fully saturated rings. The van der Waals surface area contributed by atoms with Gasteiger partial charge in [-0.15, -0.1) is 0 Å². The quantitative estimate of drug-likeness (QED) is 0.489. The molecule has 2 nitrogen and oxygen atoms in total. The van der Waals surface area contributed by atoms with Crippen LogP contribution in [0.1, 0.15) is 25.7 Å². The number of fused-ring (bicyclic) bond motifs is 2. The molecule has 2 aliphatic rings. The Bertz CT molecular complexity index is 113. The van der Waals surface area contributed by atoms with Crippen LogP contribution in [0.25, 0.3) is 0 Å². The second-order valence-corrected chi connectivity index (χ2v) is 3.20. The Morgan fingerprint density at radius 3 is 2.89 bits per heavy atom. The monoisotopic (exact) mass is 127 g/mol. The standard InChI is InChI=1S/C7H13NO/c9-7-4-5-2-1-3-6(7)8-5/h5-9H,1-4H2. The molecule has 0 spiro atoms. The van der Waals surface area contributed by atoms with Crippen molar-refractivity contribution in [2.24, 2.45) is 0 Å². The van der Waals surface area contributed by atoms with E-state index < -0.39 is 0 Å². The molecule has 2 bridgehead atoms. The first kappa shape index (κ1) is 5.69. The summed E-state index contributed by atoms with van der Waals surface area (Å²) < 4.78 is 0. The third-order valence-corrected chi connectivity index (χ3v) is 2.51. The van der Waals surface area contributed by atoms with E-state index in [-0.39, 0.29) is 6.10 Å². The topological polar surface area (TPSA) is 32.3 Å². The Labute approximate surface area is 55.3 Å². The molecule has 0 aliphatic carbocycles. The Morgan fingerprint density at radius 1 is 1.33 bits per heavy atom. The summed E-state index contributed by atoms with van der Waals surface area (Å²) in [7, 11) is 0. The largest absolute Gasteiger partial charge is 0.391 e. The van der Waals surface area contributed by atoms with E-state index in [0.717, 1.165) is 6.42 Å². The number of piperidine rings is 1. The lowest BCUT2D eigenvalue weighted by Gasteiger charge is -2.20. The summed E-state index contributed by atoms with van der Waals surface area (Å²) in [5.41, 5.74) is 0. The van der Waals surface area contributed by atoms with Crippen LogP contribution in [0.2, 0.25) is 0 Å². The van der Waals surface area contributed by atoms with Crippen LogP contribution in [0.4, 0.5) is 0 Å². The molecular formula is C7H13NO. The molecule has 2 aliphatic heterocycles. The predicted octanol–water partition coefficient (Wildman–Crippen LogP) is 0.262. The second-order valence-electron chi connectivity index (χ2n) is 3.20. The van der Waals surface area contributed by atoms with Crippen molar-refractivity contribution in [3.63, 3.8) is 0 Å². The van der Waals surface area contributed by atoms with E-state index in [9.17, 15) is 5.11 Å². The van der Waals surface area contributed by atoms with E-state index in [4.69, 9.17) is 0 Å². The maximum Gasteiger partial charge on any atom is 0.0708 e. The Morgan fingerprint density at radius 2 is 2.22 bits per heavy atom. The van der Waals surface area contributed by atoms with Gasteiger partial charge < -0.3 is 10.4 Å². The number of nitrogens with one attached hydrogen (secondary N) is 1. The van der Waals surface area contributed by atoms with Crippen LogP contribution in [0, 0.1) is 0 Å². The van der Waals surface area contributed by atoms with Crippen molar-refractivity contribution in [3.8, 4) is 0 Å². The molecule has 0 aromatic heterocycles. The molecule has 0 radical (unpaired) electrons. The highest BCUT2D eigenvalue weighted by Crippen LogP contribution is 2.26. The molecule has 0 aromatic carbocycles. The van der Waals surface area contributed by atoms with Crippen molar-refractivity contribution in [1.29, 1.82) is 0 Å². The van der Waals surface area contributed by atoms with E-state index in [1.165, 1.54) is 19.3 Å². The first-order chi connectivity index (χ1) is 4.36. The van der Waals surface area contributed by atoms with Crippen molar-refractivity contribution in [2.75, 3.05) is 0 Å². The third-order valence-electron chi connectivity index (χ3n) is 2.51. The van der Waals surface area contributed by atoms with Gasteiger partial charge in [-0.3, -0.25) is 0 Å². The zero-order valence-corrected chi connectivity index (χ0v) is 5.51. The molecule has 2 saturated heterocycles. The molecule has 0 amide bonds. The first-order valence-electron chi connectivity index (χ1n) is 3.80. The van der Waals surface area contributed by atoms with Gasteiger partial charge in [0.15, 0.2) is 0 Å². The summed E-state index contributed by atoms with van der Waals surface area (Å²) in [5.74, 6) is 0. The number of rotatable bonds is 0. The number of aliphatic hydroxyl groups is 1. The van der Waals surface area contributed by atoms with Crippen LogP contribution >= 0.6 is 0 Å². The minimum atomic E-state index is -0.0440. The summed E-state index contributed by atoms with van der Waals surface area (Å²) in [4.78, 5) is 0. The van der Waals surface area contributed by atoms with Gasteiger partial charge in [0.05, 0.1) is 6.10 Å². The number of aliphatic hydroxyl groups excluding tert-OH is 1. The molecular weight excluding hydrogens is 114 g/mol. The molecule has 2 heterocycles. The molecule has 9 heavy (non-hydrogen) atoms. The summed E-state index contributed by atoms with van der Waals surface area (Å²) in [6.07, 6.45) is 4.70. The van der Waals surface area contributed by atoms with Gasteiger partial charge in [0.25, 0.3) is 0 Å². The third kappa shape index (κ3) is 0.864. The first-order valence-corrected chi connectivity index (χ1v) is 3.80. The van der Waals surface area contributed by atoms with Crippen molar-refractivity contribution in [3.05, 3.63) is 0 Å². The van der Waals surface area contributed by atoms with Crippen LogP contribution in [-0.4, -0.2) is 23.3 Å². The summed E-state index contributed by atoms with van der Waals surface area (Å²) in [6.45, 7) is 0. The van der Waals surface area contributed by atoms with Gasteiger partial charge in [0.1, 0.15) is 0 Å². The van der Waals surface area contributed by atoms with Crippen LogP contribution in [0.3, 0.4) is 0 Å². The van der Waals surface area contributed by atoms with Crippen LogP contribution in [-0.2, 0) is 0 Å². The second kappa shape index (κ2) is 1.96. The summed E-state index contributed by atoms with van der Waals surface area (Å²) in [5, 5.41) is 12.7. The smallest absolute Gasteiger partial charge is 0.0708 e. The molecule has 2 rings (SSSR count). The van der Waals surface area contributed by atoms with Gasteiger partial charge >= 0.3 is 0 Å². The van der Waals surface area contributed by atoms with Gasteiger partial charge in [-0.25, -0.2) is 0 Å².